The van der Waals surface area contributed by atoms with Crippen molar-refractivity contribution in [1.82, 2.24) is 25.1 Å². The summed E-state index contributed by atoms with van der Waals surface area (Å²) in [6.07, 6.45) is 1.10. The van der Waals surface area contributed by atoms with Crippen LogP contribution in [0.25, 0.3) is 16.9 Å². The molecule has 5 nitrogen and oxygen atoms in total. The molecule has 5 heteroatoms. The number of nitrogens with zero attached hydrogens (tertiary/aromatic N) is 4. The van der Waals surface area contributed by atoms with Gasteiger partial charge in [-0.25, -0.2) is 0 Å². The van der Waals surface area contributed by atoms with E-state index in [2.05, 4.69) is 27.6 Å². The molecular formula is C15H15N5. The van der Waals surface area contributed by atoms with Crippen molar-refractivity contribution in [3.8, 4) is 11.3 Å². The summed E-state index contributed by atoms with van der Waals surface area (Å²) in [5.41, 5.74) is 2.87. The molecule has 1 fully saturated rings. The van der Waals surface area contributed by atoms with Gasteiger partial charge in [-0.2, -0.15) is 9.61 Å². The van der Waals surface area contributed by atoms with Crippen LogP contribution in [0.2, 0.25) is 0 Å². The molecule has 0 amide bonds. The van der Waals surface area contributed by atoms with Crippen molar-refractivity contribution in [3.05, 3.63) is 48.3 Å². The van der Waals surface area contributed by atoms with E-state index < -0.39 is 0 Å². The maximum atomic E-state index is 4.71. The molecule has 20 heavy (non-hydrogen) atoms. The average Bonchev–Trinajstić information content (AvgIpc) is 3.16. The first kappa shape index (κ1) is 11.5. The zero-order valence-corrected chi connectivity index (χ0v) is 11.0. The van der Waals surface area contributed by atoms with E-state index in [1.807, 2.05) is 34.8 Å². The molecule has 1 N–H and O–H groups in total. The molecule has 4 rings (SSSR count). The highest BCUT2D eigenvalue weighted by Crippen LogP contribution is 2.22. The SMILES string of the molecule is c1ccc(-c2ccc3nnc([C@H]4CCNC4)n3n2)cc1. The summed E-state index contributed by atoms with van der Waals surface area (Å²) in [6, 6.07) is 14.2. The number of hydrogen-bond donors (Lipinski definition) is 1. The Morgan fingerprint density at radius 2 is 1.95 bits per heavy atom. The predicted molar refractivity (Wildman–Crippen MR) is 76.4 cm³/mol. The quantitative estimate of drug-likeness (QED) is 0.768. The van der Waals surface area contributed by atoms with Gasteiger partial charge >= 0.3 is 0 Å². The Balaban J connectivity index is 1.83. The monoisotopic (exact) mass is 265 g/mol. The van der Waals surface area contributed by atoms with E-state index in [1.165, 1.54) is 0 Å². The molecule has 1 saturated heterocycles. The summed E-state index contributed by atoms with van der Waals surface area (Å²) in [5.74, 6) is 1.37. The summed E-state index contributed by atoms with van der Waals surface area (Å²) in [6.45, 7) is 2.00. The Bertz CT molecular complexity index is 728. The summed E-state index contributed by atoms with van der Waals surface area (Å²) in [4.78, 5) is 0. The van der Waals surface area contributed by atoms with E-state index in [9.17, 15) is 0 Å². The van der Waals surface area contributed by atoms with Gasteiger partial charge in [0, 0.05) is 18.0 Å². The van der Waals surface area contributed by atoms with Crippen LogP contribution in [-0.2, 0) is 0 Å². The largest absolute Gasteiger partial charge is 0.316 e. The second-order valence-electron chi connectivity index (χ2n) is 5.10. The molecule has 2 aromatic heterocycles. The molecule has 1 aliphatic heterocycles. The molecule has 0 aliphatic carbocycles. The summed E-state index contributed by atoms with van der Waals surface area (Å²) in [7, 11) is 0. The molecule has 1 aliphatic rings. The van der Waals surface area contributed by atoms with Crippen molar-refractivity contribution in [2.75, 3.05) is 13.1 Å². The number of aromatic nitrogens is 4. The lowest BCUT2D eigenvalue weighted by Gasteiger charge is -2.06. The fraction of sp³-hybridized carbons (Fsp3) is 0.267. The first-order chi connectivity index (χ1) is 9.92. The standard InChI is InChI=1S/C15H15N5/c1-2-4-11(5-3-1)13-6-7-14-17-18-15(20(14)19-13)12-8-9-16-10-12/h1-7,12,16H,8-10H2/t12-/m0/s1. The van der Waals surface area contributed by atoms with Crippen LogP contribution >= 0.6 is 0 Å². The van der Waals surface area contributed by atoms with Gasteiger partial charge in [0.05, 0.1) is 5.69 Å². The lowest BCUT2D eigenvalue weighted by atomic mass is 10.1. The fourth-order valence-electron chi connectivity index (χ4n) is 2.70. The first-order valence-corrected chi connectivity index (χ1v) is 6.90. The van der Waals surface area contributed by atoms with Gasteiger partial charge in [-0.05, 0) is 25.1 Å². The fourth-order valence-corrected chi connectivity index (χ4v) is 2.70. The van der Waals surface area contributed by atoms with Crippen LogP contribution in [0.5, 0.6) is 0 Å². The van der Waals surface area contributed by atoms with Crippen molar-refractivity contribution in [1.29, 1.82) is 0 Å². The number of nitrogens with one attached hydrogen (secondary N) is 1. The number of benzene rings is 1. The van der Waals surface area contributed by atoms with Crippen LogP contribution in [0.15, 0.2) is 42.5 Å². The van der Waals surface area contributed by atoms with Crippen LogP contribution in [0.4, 0.5) is 0 Å². The molecule has 0 radical (unpaired) electrons. The molecule has 1 atom stereocenters. The van der Waals surface area contributed by atoms with Crippen molar-refractivity contribution < 1.29 is 0 Å². The minimum atomic E-state index is 0.406. The van der Waals surface area contributed by atoms with Gasteiger partial charge in [-0.15, -0.1) is 10.2 Å². The molecule has 0 unspecified atom stereocenters. The first-order valence-electron chi connectivity index (χ1n) is 6.90. The third kappa shape index (κ3) is 1.87. The van der Waals surface area contributed by atoms with E-state index in [-0.39, 0.29) is 0 Å². The molecular weight excluding hydrogens is 250 g/mol. The smallest absolute Gasteiger partial charge is 0.177 e. The molecule has 100 valence electrons. The van der Waals surface area contributed by atoms with Crippen molar-refractivity contribution >= 4 is 5.65 Å². The highest BCUT2D eigenvalue weighted by Gasteiger charge is 2.22. The zero-order chi connectivity index (χ0) is 13.4. The van der Waals surface area contributed by atoms with Crippen LogP contribution in [0, 0.1) is 0 Å². The Kier molecular flexibility index (Phi) is 2.70. The van der Waals surface area contributed by atoms with Gasteiger partial charge in [0.1, 0.15) is 0 Å². The minimum absolute atomic E-state index is 0.406. The van der Waals surface area contributed by atoms with Crippen molar-refractivity contribution in [2.45, 2.75) is 12.3 Å². The zero-order valence-electron chi connectivity index (χ0n) is 11.0. The molecule has 0 saturated carbocycles. The molecule has 1 aromatic carbocycles. The van der Waals surface area contributed by atoms with Crippen LogP contribution in [0.3, 0.4) is 0 Å². The third-order valence-electron chi connectivity index (χ3n) is 3.78. The van der Waals surface area contributed by atoms with Gasteiger partial charge < -0.3 is 5.32 Å². The summed E-state index contributed by atoms with van der Waals surface area (Å²) in [5, 5.41) is 16.6. The summed E-state index contributed by atoms with van der Waals surface area (Å²) >= 11 is 0. The number of rotatable bonds is 2. The molecule has 0 bridgehead atoms. The van der Waals surface area contributed by atoms with E-state index >= 15 is 0 Å². The van der Waals surface area contributed by atoms with E-state index in [0.717, 1.165) is 42.2 Å². The summed E-state index contributed by atoms with van der Waals surface area (Å²) < 4.78 is 1.89. The normalized spacial score (nSPS) is 18.7. The average molecular weight is 265 g/mol. The van der Waals surface area contributed by atoms with Gasteiger partial charge in [0.2, 0.25) is 0 Å². The number of hydrogen-bond acceptors (Lipinski definition) is 4. The third-order valence-corrected chi connectivity index (χ3v) is 3.78. The second kappa shape index (κ2) is 4.68. The van der Waals surface area contributed by atoms with Gasteiger partial charge in [0.25, 0.3) is 0 Å². The highest BCUT2D eigenvalue weighted by atomic mass is 15.4. The Morgan fingerprint density at radius 3 is 2.75 bits per heavy atom. The lowest BCUT2D eigenvalue weighted by molar-refractivity contribution is 0.668. The van der Waals surface area contributed by atoms with Gasteiger partial charge in [-0.1, -0.05) is 30.3 Å². The minimum Gasteiger partial charge on any atom is -0.316 e. The van der Waals surface area contributed by atoms with Crippen LogP contribution in [-0.4, -0.2) is 32.9 Å². The van der Waals surface area contributed by atoms with E-state index in [4.69, 9.17) is 5.10 Å². The Morgan fingerprint density at radius 1 is 1.05 bits per heavy atom. The number of fused-ring (bicyclic) bond motifs is 1. The topological polar surface area (TPSA) is 55.1 Å². The van der Waals surface area contributed by atoms with Gasteiger partial charge in [0.15, 0.2) is 11.5 Å². The Labute approximate surface area is 116 Å². The Hall–Kier alpha value is -2.27. The van der Waals surface area contributed by atoms with E-state index in [0.29, 0.717) is 5.92 Å². The van der Waals surface area contributed by atoms with Crippen LogP contribution < -0.4 is 5.32 Å². The lowest BCUT2D eigenvalue weighted by Crippen LogP contribution is -2.11. The van der Waals surface area contributed by atoms with Crippen molar-refractivity contribution in [3.63, 3.8) is 0 Å². The molecule has 3 heterocycles. The maximum Gasteiger partial charge on any atom is 0.177 e. The van der Waals surface area contributed by atoms with Crippen molar-refractivity contribution in [2.24, 2.45) is 0 Å². The van der Waals surface area contributed by atoms with Crippen LogP contribution in [0.1, 0.15) is 18.2 Å². The predicted octanol–water partition coefficient (Wildman–Crippen LogP) is 1.87. The molecule has 0 spiro atoms. The van der Waals surface area contributed by atoms with E-state index in [1.54, 1.807) is 0 Å². The highest BCUT2D eigenvalue weighted by molar-refractivity contribution is 5.59. The maximum absolute atomic E-state index is 4.71. The molecule has 3 aromatic rings. The second-order valence-corrected chi connectivity index (χ2v) is 5.10. The van der Waals surface area contributed by atoms with Gasteiger partial charge in [-0.3, -0.25) is 0 Å².